The summed E-state index contributed by atoms with van der Waals surface area (Å²) in [5.74, 6) is -4.82. The minimum Gasteiger partial charge on any atom is -0.504 e. The van der Waals surface area contributed by atoms with Gasteiger partial charge in [0.1, 0.15) is 0 Å². The average Bonchev–Trinajstić information content (AvgIpc) is 2.23. The summed E-state index contributed by atoms with van der Waals surface area (Å²) in [5, 5.41) is 20.2. The van der Waals surface area contributed by atoms with Crippen molar-refractivity contribution in [3.05, 3.63) is 23.8 Å². The first-order chi connectivity index (χ1) is 7.83. The van der Waals surface area contributed by atoms with Gasteiger partial charge in [0.05, 0.1) is 6.54 Å². The Balaban J connectivity index is 2.49. The highest BCUT2D eigenvalue weighted by atomic mass is 19.3. The van der Waals surface area contributed by atoms with Crippen LogP contribution >= 0.6 is 0 Å². The van der Waals surface area contributed by atoms with Crippen LogP contribution in [0.1, 0.15) is 5.56 Å². The predicted molar refractivity (Wildman–Crippen MR) is 52.4 cm³/mol. The van der Waals surface area contributed by atoms with Crippen molar-refractivity contribution in [3.8, 4) is 11.5 Å². The third-order valence-corrected chi connectivity index (χ3v) is 2.05. The van der Waals surface area contributed by atoms with Crippen LogP contribution in [-0.2, 0) is 6.54 Å². The third kappa shape index (κ3) is 3.77. The molecule has 0 amide bonds. The van der Waals surface area contributed by atoms with E-state index in [1.54, 1.807) is 0 Å². The Kier molecular flexibility index (Phi) is 4.17. The van der Waals surface area contributed by atoms with Gasteiger partial charge in [-0.2, -0.15) is 8.78 Å². The molecular weight excluding hydrogens is 242 g/mol. The normalized spacial score (nSPS) is 12.1. The molecule has 0 aromatic heterocycles. The van der Waals surface area contributed by atoms with Crippen LogP contribution in [0, 0.1) is 0 Å². The number of nitrogens with one attached hydrogen (secondary N) is 1. The highest BCUT2D eigenvalue weighted by Gasteiger charge is 2.39. The van der Waals surface area contributed by atoms with E-state index >= 15 is 0 Å². The van der Waals surface area contributed by atoms with E-state index in [-0.39, 0.29) is 12.3 Å². The molecular formula is C10H11F4NO2. The van der Waals surface area contributed by atoms with Crippen LogP contribution in [0.5, 0.6) is 11.5 Å². The van der Waals surface area contributed by atoms with E-state index in [2.05, 4.69) is 5.32 Å². The van der Waals surface area contributed by atoms with Gasteiger partial charge in [0.2, 0.25) is 0 Å². The molecule has 3 nitrogen and oxygen atoms in total. The number of hydrogen-bond donors (Lipinski definition) is 3. The van der Waals surface area contributed by atoms with E-state index in [1.165, 1.54) is 12.1 Å². The maximum absolute atomic E-state index is 12.5. The maximum atomic E-state index is 12.5. The molecule has 0 aliphatic heterocycles. The molecule has 96 valence electrons. The molecule has 0 saturated heterocycles. The second-order valence-electron chi connectivity index (χ2n) is 3.49. The first-order valence-corrected chi connectivity index (χ1v) is 4.70. The lowest BCUT2D eigenvalue weighted by molar-refractivity contribution is -0.125. The summed E-state index contributed by atoms with van der Waals surface area (Å²) in [6.45, 7) is -1.28. The Labute approximate surface area is 94.7 Å². The zero-order chi connectivity index (χ0) is 13.1. The standard InChI is InChI=1S/C10H11F4NO2/c11-9(12)10(13,14)5-15-4-6-1-2-7(16)8(17)3-6/h1-3,9,15-17H,4-5H2. The molecule has 0 atom stereocenters. The van der Waals surface area contributed by atoms with Gasteiger partial charge in [-0.05, 0) is 17.7 Å². The van der Waals surface area contributed by atoms with Gasteiger partial charge in [-0.25, -0.2) is 8.78 Å². The van der Waals surface area contributed by atoms with E-state index in [0.717, 1.165) is 6.07 Å². The van der Waals surface area contributed by atoms with Gasteiger partial charge in [0.15, 0.2) is 11.5 Å². The number of phenols is 2. The average molecular weight is 253 g/mol. The van der Waals surface area contributed by atoms with Gasteiger partial charge in [-0.1, -0.05) is 6.07 Å². The molecule has 1 aromatic rings. The van der Waals surface area contributed by atoms with Crippen LogP contribution in [0.25, 0.3) is 0 Å². The lowest BCUT2D eigenvalue weighted by Crippen LogP contribution is -2.38. The molecule has 0 fully saturated rings. The molecule has 0 saturated carbocycles. The molecule has 3 N–H and O–H groups in total. The van der Waals surface area contributed by atoms with E-state index < -0.39 is 24.6 Å². The van der Waals surface area contributed by atoms with Crippen molar-refractivity contribution in [2.24, 2.45) is 0 Å². The van der Waals surface area contributed by atoms with E-state index in [9.17, 15) is 17.6 Å². The molecule has 0 spiro atoms. The maximum Gasteiger partial charge on any atom is 0.319 e. The van der Waals surface area contributed by atoms with E-state index in [1.807, 2.05) is 0 Å². The number of hydrogen-bond acceptors (Lipinski definition) is 3. The van der Waals surface area contributed by atoms with Crippen molar-refractivity contribution >= 4 is 0 Å². The molecule has 0 heterocycles. The molecule has 0 aliphatic carbocycles. The van der Waals surface area contributed by atoms with Gasteiger partial charge >= 0.3 is 12.3 Å². The quantitative estimate of drug-likeness (QED) is 0.556. The van der Waals surface area contributed by atoms with Gasteiger partial charge in [0, 0.05) is 6.54 Å². The summed E-state index contributed by atoms with van der Waals surface area (Å²) < 4.78 is 48.6. The van der Waals surface area contributed by atoms with Gasteiger partial charge in [0.25, 0.3) is 0 Å². The molecule has 1 rings (SSSR count). The first-order valence-electron chi connectivity index (χ1n) is 4.70. The van der Waals surface area contributed by atoms with Crippen LogP contribution in [0.3, 0.4) is 0 Å². The summed E-state index contributed by atoms with van der Waals surface area (Å²) in [5.41, 5.74) is 0.394. The second-order valence-corrected chi connectivity index (χ2v) is 3.49. The number of phenolic OH excluding ortho intramolecular Hbond substituents is 2. The lowest BCUT2D eigenvalue weighted by atomic mass is 10.2. The van der Waals surface area contributed by atoms with Gasteiger partial charge < -0.3 is 15.5 Å². The van der Waals surface area contributed by atoms with Crippen LogP contribution in [0.2, 0.25) is 0 Å². The molecule has 0 bridgehead atoms. The Morgan fingerprint density at radius 3 is 2.35 bits per heavy atom. The molecule has 0 aliphatic rings. The zero-order valence-corrected chi connectivity index (χ0v) is 8.63. The summed E-state index contributed by atoms with van der Waals surface area (Å²) in [6, 6.07) is 3.71. The monoisotopic (exact) mass is 253 g/mol. The summed E-state index contributed by atoms with van der Waals surface area (Å²) in [4.78, 5) is 0. The van der Waals surface area contributed by atoms with E-state index in [0.29, 0.717) is 5.56 Å². The van der Waals surface area contributed by atoms with Gasteiger partial charge in [-0.15, -0.1) is 0 Å². The highest BCUT2D eigenvalue weighted by Crippen LogP contribution is 2.25. The largest absolute Gasteiger partial charge is 0.504 e. The molecule has 1 aromatic carbocycles. The molecule has 0 radical (unpaired) electrons. The Bertz CT molecular complexity index is 385. The fraction of sp³-hybridized carbons (Fsp3) is 0.400. The summed E-state index contributed by atoms with van der Waals surface area (Å²) >= 11 is 0. The Morgan fingerprint density at radius 2 is 1.82 bits per heavy atom. The predicted octanol–water partition coefficient (Wildman–Crippen LogP) is 2.09. The number of aromatic hydroxyl groups is 2. The van der Waals surface area contributed by atoms with Crippen molar-refractivity contribution in [1.82, 2.24) is 5.32 Å². The first kappa shape index (κ1) is 13.6. The van der Waals surface area contributed by atoms with Crippen LogP contribution < -0.4 is 5.32 Å². The number of rotatable bonds is 5. The number of alkyl halides is 4. The highest BCUT2D eigenvalue weighted by molar-refractivity contribution is 5.40. The zero-order valence-electron chi connectivity index (χ0n) is 8.63. The number of benzene rings is 1. The smallest absolute Gasteiger partial charge is 0.319 e. The van der Waals surface area contributed by atoms with E-state index in [4.69, 9.17) is 10.2 Å². The van der Waals surface area contributed by atoms with Crippen LogP contribution in [0.15, 0.2) is 18.2 Å². The Morgan fingerprint density at radius 1 is 1.18 bits per heavy atom. The molecule has 0 unspecified atom stereocenters. The second kappa shape index (κ2) is 5.22. The van der Waals surface area contributed by atoms with Crippen LogP contribution in [-0.4, -0.2) is 29.1 Å². The Hall–Kier alpha value is -1.50. The molecule has 7 heteroatoms. The van der Waals surface area contributed by atoms with Crippen molar-refractivity contribution in [2.45, 2.75) is 18.9 Å². The van der Waals surface area contributed by atoms with Crippen molar-refractivity contribution in [1.29, 1.82) is 0 Å². The minimum atomic E-state index is -4.08. The van der Waals surface area contributed by atoms with Crippen molar-refractivity contribution in [2.75, 3.05) is 6.54 Å². The topological polar surface area (TPSA) is 52.5 Å². The number of halogens is 4. The van der Waals surface area contributed by atoms with Gasteiger partial charge in [-0.3, -0.25) is 0 Å². The van der Waals surface area contributed by atoms with Crippen LogP contribution in [0.4, 0.5) is 17.6 Å². The summed E-state index contributed by atoms with van der Waals surface area (Å²) in [6.07, 6.45) is -3.72. The summed E-state index contributed by atoms with van der Waals surface area (Å²) in [7, 11) is 0. The van der Waals surface area contributed by atoms with Crippen molar-refractivity contribution < 1.29 is 27.8 Å². The van der Waals surface area contributed by atoms with Crippen molar-refractivity contribution in [3.63, 3.8) is 0 Å². The minimum absolute atomic E-state index is 0.115. The fourth-order valence-electron chi connectivity index (χ4n) is 1.13. The third-order valence-electron chi connectivity index (χ3n) is 2.05. The SMILES string of the molecule is Oc1ccc(CNCC(F)(F)C(F)F)cc1O. The lowest BCUT2D eigenvalue weighted by Gasteiger charge is -2.15. The fourth-order valence-corrected chi connectivity index (χ4v) is 1.13. The molecule has 17 heavy (non-hydrogen) atoms.